The molecule has 2 aromatic carbocycles. The first-order chi connectivity index (χ1) is 12.3. The second-order valence-corrected chi connectivity index (χ2v) is 5.98. The number of hydrazine groups is 1. The van der Waals surface area contributed by atoms with E-state index in [1.54, 1.807) is 30.3 Å². The molecule has 2 heterocycles. The van der Waals surface area contributed by atoms with Crippen molar-refractivity contribution in [1.82, 2.24) is 10.3 Å². The molecule has 0 saturated heterocycles. The zero-order valence-corrected chi connectivity index (χ0v) is 14.0. The number of aliphatic hydroxyl groups excluding tert-OH is 1. The zero-order valence-electron chi connectivity index (χ0n) is 14.0. The average Bonchev–Trinajstić information content (AvgIpc) is 2.92. The lowest BCUT2D eigenvalue weighted by Crippen LogP contribution is -2.43. The maximum absolute atomic E-state index is 14.5. The first-order valence-electron chi connectivity index (χ1n) is 7.68. The van der Waals surface area contributed by atoms with Crippen LogP contribution < -0.4 is 20.9 Å². The Balaban J connectivity index is 0.00000210. The molecule has 9 heteroatoms. The highest BCUT2D eigenvalue weighted by atomic mass is 19.4. The summed E-state index contributed by atoms with van der Waals surface area (Å²) in [6.45, 7) is 0. The van der Waals surface area contributed by atoms with Gasteiger partial charge in [-0.3, -0.25) is 10.4 Å². The lowest BCUT2D eigenvalue weighted by Gasteiger charge is -2.26. The summed E-state index contributed by atoms with van der Waals surface area (Å²) in [7, 11) is 1.69. The molecule has 5 nitrogen and oxygen atoms in total. The van der Waals surface area contributed by atoms with Crippen LogP contribution in [0.3, 0.4) is 0 Å². The Morgan fingerprint density at radius 2 is 1.67 bits per heavy atom. The fourth-order valence-electron chi connectivity index (χ4n) is 3.16. The van der Waals surface area contributed by atoms with E-state index in [4.69, 9.17) is 0 Å². The third kappa shape index (κ3) is 2.85. The number of fused-ring (bicyclic) bond motifs is 2. The van der Waals surface area contributed by atoms with Crippen LogP contribution in [0.5, 0.6) is 0 Å². The van der Waals surface area contributed by atoms with Gasteiger partial charge in [0.25, 0.3) is 0 Å². The van der Waals surface area contributed by atoms with Crippen molar-refractivity contribution in [1.29, 1.82) is 0 Å². The van der Waals surface area contributed by atoms with E-state index in [0.29, 0.717) is 22.3 Å². The summed E-state index contributed by atoms with van der Waals surface area (Å²) in [4.78, 5) is 1.63. The van der Waals surface area contributed by atoms with Gasteiger partial charge in [-0.25, -0.2) is 4.39 Å². The quantitative estimate of drug-likeness (QED) is 0.736. The lowest BCUT2D eigenvalue weighted by molar-refractivity contribution is -0.137. The van der Waals surface area contributed by atoms with E-state index in [2.05, 4.69) is 5.43 Å². The van der Waals surface area contributed by atoms with Crippen LogP contribution in [-0.4, -0.2) is 22.5 Å². The van der Waals surface area contributed by atoms with Crippen molar-refractivity contribution in [3.05, 3.63) is 75.9 Å². The topological polar surface area (TPSA) is 70.2 Å². The molecule has 2 aliphatic rings. The Labute approximate surface area is 151 Å². The molecular weight excluding hydrogens is 366 g/mol. The summed E-state index contributed by atoms with van der Waals surface area (Å²) >= 11 is 0. The Kier molecular flexibility index (Phi) is 4.27. The van der Waals surface area contributed by atoms with Crippen LogP contribution in [0.4, 0.5) is 23.2 Å². The SMILES string of the molecule is CN1C=c2cccc(F)c2=C2C1=C(O)NN2c1ccc(C(F)(F)F)cc1.O. The molecule has 0 aromatic heterocycles. The number of rotatable bonds is 1. The zero-order chi connectivity index (χ0) is 18.6. The third-order valence-electron chi connectivity index (χ3n) is 4.31. The van der Waals surface area contributed by atoms with Crippen molar-refractivity contribution < 1.29 is 28.1 Å². The minimum absolute atomic E-state index is 0. The molecule has 4 rings (SSSR count). The monoisotopic (exact) mass is 381 g/mol. The molecule has 0 amide bonds. The minimum atomic E-state index is -4.45. The van der Waals surface area contributed by atoms with Gasteiger partial charge in [0.2, 0.25) is 5.88 Å². The Bertz CT molecular complexity index is 1050. The average molecular weight is 381 g/mol. The number of alkyl halides is 3. The van der Waals surface area contributed by atoms with Crippen LogP contribution >= 0.6 is 0 Å². The Morgan fingerprint density at radius 3 is 2.30 bits per heavy atom. The maximum Gasteiger partial charge on any atom is 0.416 e. The van der Waals surface area contributed by atoms with Gasteiger partial charge in [0.1, 0.15) is 17.2 Å². The van der Waals surface area contributed by atoms with Crippen molar-refractivity contribution in [2.24, 2.45) is 0 Å². The van der Waals surface area contributed by atoms with Crippen molar-refractivity contribution in [3.8, 4) is 0 Å². The minimum Gasteiger partial charge on any atom is -0.492 e. The van der Waals surface area contributed by atoms with E-state index in [1.165, 1.54) is 23.2 Å². The van der Waals surface area contributed by atoms with E-state index in [0.717, 1.165) is 12.1 Å². The number of halogens is 4. The van der Waals surface area contributed by atoms with Gasteiger partial charge >= 0.3 is 6.18 Å². The van der Waals surface area contributed by atoms with E-state index in [-0.39, 0.29) is 16.6 Å². The molecule has 27 heavy (non-hydrogen) atoms. The Hall–Kier alpha value is -3.20. The van der Waals surface area contributed by atoms with Crippen LogP contribution in [0.1, 0.15) is 5.56 Å². The number of hydrogen-bond donors (Lipinski definition) is 2. The normalized spacial score (nSPS) is 15.7. The third-order valence-corrected chi connectivity index (χ3v) is 4.31. The standard InChI is InChI=1S/C18H13F4N3O.H2O/c1-24-9-10-3-2-4-13(19)14(10)15-16(24)17(26)23-25(15)12-7-5-11(6-8-12)18(20,21)22;/h2-9,23,26H,1H3;1H2. The number of likely N-dealkylation sites (N-methyl/N-ethyl adjacent to an activating group) is 1. The summed E-state index contributed by atoms with van der Waals surface area (Å²) in [5.41, 5.74) is 2.90. The smallest absolute Gasteiger partial charge is 0.416 e. The summed E-state index contributed by atoms with van der Waals surface area (Å²) in [6.07, 6.45) is -2.78. The van der Waals surface area contributed by atoms with Gasteiger partial charge in [-0.05, 0) is 30.3 Å². The molecule has 0 fully saturated rings. The summed E-state index contributed by atoms with van der Waals surface area (Å²) in [5.74, 6) is -0.708. The maximum atomic E-state index is 14.5. The number of nitrogens with one attached hydrogen (secondary N) is 1. The van der Waals surface area contributed by atoms with Crippen molar-refractivity contribution in [2.45, 2.75) is 6.18 Å². The van der Waals surface area contributed by atoms with E-state index < -0.39 is 17.6 Å². The molecule has 0 saturated carbocycles. The van der Waals surface area contributed by atoms with Gasteiger partial charge in [-0.1, -0.05) is 12.1 Å². The molecule has 0 spiro atoms. The highest BCUT2D eigenvalue weighted by molar-refractivity contribution is 5.83. The van der Waals surface area contributed by atoms with Crippen LogP contribution in [0.25, 0.3) is 11.9 Å². The molecular formula is C18H15F4N3O2. The summed E-state index contributed by atoms with van der Waals surface area (Å²) in [5, 5.41) is 12.5. The van der Waals surface area contributed by atoms with Crippen molar-refractivity contribution in [3.63, 3.8) is 0 Å². The van der Waals surface area contributed by atoms with Crippen molar-refractivity contribution in [2.75, 3.05) is 12.1 Å². The lowest BCUT2D eigenvalue weighted by atomic mass is 10.1. The molecule has 0 radical (unpaired) electrons. The number of hydrogen-bond acceptors (Lipinski definition) is 4. The summed E-state index contributed by atoms with van der Waals surface area (Å²) in [6, 6.07) is 8.98. The van der Waals surface area contributed by atoms with E-state index in [1.807, 2.05) is 0 Å². The number of aliphatic hydroxyl groups is 1. The van der Waals surface area contributed by atoms with Gasteiger partial charge in [-0.15, -0.1) is 0 Å². The van der Waals surface area contributed by atoms with Gasteiger partial charge in [0, 0.05) is 23.7 Å². The van der Waals surface area contributed by atoms with E-state index >= 15 is 0 Å². The molecule has 0 atom stereocenters. The van der Waals surface area contributed by atoms with Crippen LogP contribution in [0.2, 0.25) is 0 Å². The first kappa shape index (κ1) is 18.6. The fourth-order valence-corrected chi connectivity index (χ4v) is 3.16. The predicted octanol–water partition coefficient (Wildman–Crippen LogP) is 1.56. The highest BCUT2D eigenvalue weighted by Crippen LogP contribution is 2.34. The Morgan fingerprint density at radius 1 is 1.00 bits per heavy atom. The van der Waals surface area contributed by atoms with Crippen LogP contribution in [-0.2, 0) is 6.18 Å². The van der Waals surface area contributed by atoms with Crippen molar-refractivity contribution >= 4 is 17.6 Å². The largest absolute Gasteiger partial charge is 0.492 e. The highest BCUT2D eigenvalue weighted by Gasteiger charge is 2.35. The molecule has 142 valence electrons. The second kappa shape index (κ2) is 6.20. The van der Waals surface area contributed by atoms with Gasteiger partial charge in [0.15, 0.2) is 0 Å². The predicted molar refractivity (Wildman–Crippen MR) is 91.6 cm³/mol. The van der Waals surface area contributed by atoms with E-state index in [9.17, 15) is 22.7 Å². The fraction of sp³-hybridized carbons (Fsp3) is 0.111. The number of nitrogens with zero attached hydrogens (tertiary/aromatic N) is 2. The number of anilines is 1. The molecule has 4 N–H and O–H groups in total. The van der Waals surface area contributed by atoms with Gasteiger partial charge < -0.3 is 15.5 Å². The molecule has 2 aliphatic heterocycles. The summed E-state index contributed by atoms with van der Waals surface area (Å²) < 4.78 is 52.9. The first-order valence-corrected chi connectivity index (χ1v) is 7.68. The second-order valence-electron chi connectivity index (χ2n) is 5.98. The molecule has 2 aromatic rings. The molecule has 0 bridgehead atoms. The molecule has 0 aliphatic carbocycles. The van der Waals surface area contributed by atoms with Crippen LogP contribution in [0, 0.1) is 5.82 Å². The number of benzene rings is 2. The van der Waals surface area contributed by atoms with Crippen LogP contribution in [0.15, 0.2) is 54.0 Å². The van der Waals surface area contributed by atoms with Gasteiger partial charge in [-0.2, -0.15) is 13.2 Å². The molecule has 0 unspecified atom stereocenters. The van der Waals surface area contributed by atoms with Gasteiger partial charge in [0.05, 0.1) is 11.3 Å².